The van der Waals surface area contributed by atoms with Gasteiger partial charge in [-0.3, -0.25) is 9.36 Å². The van der Waals surface area contributed by atoms with Gasteiger partial charge in [0, 0.05) is 25.4 Å². The van der Waals surface area contributed by atoms with Crippen molar-refractivity contribution in [3.8, 4) is 5.82 Å². The number of aromatic nitrogens is 4. The normalized spacial score (nSPS) is 18.2. The van der Waals surface area contributed by atoms with Crippen molar-refractivity contribution >= 4 is 21.8 Å². The summed E-state index contributed by atoms with van der Waals surface area (Å²) in [6.45, 7) is 0.831. The fourth-order valence-electron chi connectivity index (χ4n) is 2.93. The van der Waals surface area contributed by atoms with Crippen LogP contribution in [0.5, 0.6) is 0 Å². The van der Waals surface area contributed by atoms with Crippen LogP contribution in [0.25, 0.3) is 5.82 Å². The maximum atomic E-state index is 12.8. The van der Waals surface area contributed by atoms with Gasteiger partial charge in [0.1, 0.15) is 12.7 Å². The molecule has 7 nitrogen and oxygen atoms in total. The number of hydrogen-bond acceptors (Lipinski definition) is 5. The van der Waals surface area contributed by atoms with Crippen molar-refractivity contribution in [2.75, 3.05) is 13.2 Å². The number of aliphatic hydroxyl groups excluding tert-OH is 1. The summed E-state index contributed by atoms with van der Waals surface area (Å²) in [5.74, 6) is 0.601. The molecule has 0 aliphatic carbocycles. The number of amides is 1. The van der Waals surface area contributed by atoms with Crippen molar-refractivity contribution in [2.24, 2.45) is 0 Å². The summed E-state index contributed by atoms with van der Waals surface area (Å²) in [6.07, 6.45) is 8.35. The van der Waals surface area contributed by atoms with Crippen LogP contribution in [0.2, 0.25) is 0 Å². The van der Waals surface area contributed by atoms with E-state index in [-0.39, 0.29) is 18.6 Å². The number of halogens is 1. The van der Waals surface area contributed by atoms with Gasteiger partial charge in [-0.15, -0.1) is 10.2 Å². The predicted octanol–water partition coefficient (Wildman–Crippen LogP) is 1.80. The maximum absolute atomic E-state index is 12.8. The van der Waals surface area contributed by atoms with E-state index in [4.69, 9.17) is 0 Å². The number of piperidine rings is 1. The first-order valence-corrected chi connectivity index (χ1v) is 8.42. The fourth-order valence-corrected chi connectivity index (χ4v) is 3.48. The molecule has 0 bridgehead atoms. The van der Waals surface area contributed by atoms with Crippen LogP contribution < -0.4 is 0 Å². The zero-order valence-electron chi connectivity index (χ0n) is 12.6. The Labute approximate surface area is 142 Å². The van der Waals surface area contributed by atoms with E-state index < -0.39 is 0 Å². The lowest BCUT2D eigenvalue weighted by molar-refractivity contribution is 0.0574. The highest BCUT2D eigenvalue weighted by Gasteiger charge is 2.27. The first-order valence-electron chi connectivity index (χ1n) is 7.63. The van der Waals surface area contributed by atoms with Gasteiger partial charge in [0.15, 0.2) is 5.82 Å². The zero-order chi connectivity index (χ0) is 16.2. The molecule has 0 aromatic carbocycles. The third-order valence-corrected chi connectivity index (χ3v) is 4.67. The van der Waals surface area contributed by atoms with E-state index in [1.54, 1.807) is 29.5 Å². The number of pyridine rings is 1. The number of likely N-dealkylation sites (tertiary alicyclic amines) is 1. The molecule has 23 heavy (non-hydrogen) atoms. The largest absolute Gasteiger partial charge is 0.396 e. The van der Waals surface area contributed by atoms with Gasteiger partial charge in [0.25, 0.3) is 5.91 Å². The second-order valence-electron chi connectivity index (χ2n) is 5.56. The monoisotopic (exact) mass is 379 g/mol. The van der Waals surface area contributed by atoms with E-state index in [0.29, 0.717) is 22.3 Å². The van der Waals surface area contributed by atoms with Crippen molar-refractivity contribution in [1.82, 2.24) is 24.6 Å². The average Bonchev–Trinajstić information content (AvgIpc) is 3.09. The van der Waals surface area contributed by atoms with Crippen molar-refractivity contribution in [3.05, 3.63) is 35.0 Å². The van der Waals surface area contributed by atoms with Crippen molar-refractivity contribution in [3.63, 3.8) is 0 Å². The molecular formula is C15H18BrN5O2. The van der Waals surface area contributed by atoms with E-state index in [1.807, 2.05) is 4.90 Å². The second-order valence-corrected chi connectivity index (χ2v) is 6.41. The van der Waals surface area contributed by atoms with Gasteiger partial charge in [0.2, 0.25) is 0 Å². The van der Waals surface area contributed by atoms with E-state index in [0.717, 1.165) is 25.8 Å². The molecule has 3 heterocycles. The van der Waals surface area contributed by atoms with Gasteiger partial charge in [-0.2, -0.15) is 0 Å². The molecule has 1 aliphatic heterocycles. The SMILES string of the molecule is O=C(c1cnc(-n2cnnc2)c(Br)c1)N1CCCCC1CCO. The molecule has 2 aromatic rings. The summed E-state index contributed by atoms with van der Waals surface area (Å²) in [7, 11) is 0. The van der Waals surface area contributed by atoms with E-state index >= 15 is 0 Å². The van der Waals surface area contributed by atoms with E-state index in [1.165, 1.54) is 0 Å². The summed E-state index contributed by atoms with van der Waals surface area (Å²) in [5, 5.41) is 16.7. The van der Waals surface area contributed by atoms with Crippen LogP contribution >= 0.6 is 15.9 Å². The summed E-state index contributed by atoms with van der Waals surface area (Å²) in [5.41, 5.74) is 0.540. The topological polar surface area (TPSA) is 84.1 Å². The highest BCUT2D eigenvalue weighted by molar-refractivity contribution is 9.10. The molecule has 2 aromatic heterocycles. The molecule has 1 saturated heterocycles. The smallest absolute Gasteiger partial charge is 0.255 e. The maximum Gasteiger partial charge on any atom is 0.255 e. The van der Waals surface area contributed by atoms with Crippen LogP contribution in [0.3, 0.4) is 0 Å². The van der Waals surface area contributed by atoms with Crippen molar-refractivity contribution in [1.29, 1.82) is 0 Å². The summed E-state index contributed by atoms with van der Waals surface area (Å²) >= 11 is 3.46. The molecule has 1 fully saturated rings. The predicted molar refractivity (Wildman–Crippen MR) is 87.2 cm³/mol. The Morgan fingerprint density at radius 2 is 2.13 bits per heavy atom. The van der Waals surface area contributed by atoms with Crippen LogP contribution in [0.1, 0.15) is 36.0 Å². The molecule has 1 amide bonds. The summed E-state index contributed by atoms with van der Waals surface area (Å²) in [4.78, 5) is 19.0. The molecule has 1 atom stereocenters. The van der Waals surface area contributed by atoms with Crippen LogP contribution in [0.15, 0.2) is 29.4 Å². The Morgan fingerprint density at radius 3 is 2.83 bits per heavy atom. The number of hydrogen-bond donors (Lipinski definition) is 1. The molecule has 0 saturated carbocycles. The van der Waals surface area contributed by atoms with Crippen molar-refractivity contribution in [2.45, 2.75) is 31.7 Å². The van der Waals surface area contributed by atoms with Gasteiger partial charge < -0.3 is 10.0 Å². The Bertz CT molecular complexity index is 675. The first kappa shape index (κ1) is 16.1. The molecule has 1 N–H and O–H groups in total. The lowest BCUT2D eigenvalue weighted by Crippen LogP contribution is -2.44. The quantitative estimate of drug-likeness (QED) is 0.875. The lowest BCUT2D eigenvalue weighted by atomic mass is 9.98. The highest BCUT2D eigenvalue weighted by Crippen LogP contribution is 2.24. The summed E-state index contributed by atoms with van der Waals surface area (Å²) < 4.78 is 2.38. The number of aliphatic hydroxyl groups is 1. The van der Waals surface area contributed by atoms with E-state index in [9.17, 15) is 9.90 Å². The van der Waals surface area contributed by atoms with Crippen molar-refractivity contribution < 1.29 is 9.90 Å². The summed E-state index contributed by atoms with van der Waals surface area (Å²) in [6, 6.07) is 1.88. The zero-order valence-corrected chi connectivity index (χ0v) is 14.2. The minimum Gasteiger partial charge on any atom is -0.396 e. The Balaban J connectivity index is 1.83. The van der Waals surface area contributed by atoms with Gasteiger partial charge in [-0.05, 0) is 47.7 Å². The van der Waals surface area contributed by atoms with Gasteiger partial charge in [-0.25, -0.2) is 4.98 Å². The van der Waals surface area contributed by atoms with Crippen LogP contribution in [0.4, 0.5) is 0 Å². The lowest BCUT2D eigenvalue weighted by Gasteiger charge is -2.35. The third-order valence-electron chi connectivity index (χ3n) is 4.08. The molecule has 0 spiro atoms. The molecule has 122 valence electrons. The van der Waals surface area contributed by atoms with E-state index in [2.05, 4.69) is 31.1 Å². The van der Waals surface area contributed by atoms with Gasteiger partial charge in [0.05, 0.1) is 10.0 Å². The fraction of sp³-hybridized carbons (Fsp3) is 0.467. The number of nitrogens with zero attached hydrogens (tertiary/aromatic N) is 5. The van der Waals surface area contributed by atoms with Crippen LogP contribution in [-0.4, -0.2) is 54.9 Å². The van der Waals surface area contributed by atoms with Gasteiger partial charge in [-0.1, -0.05) is 0 Å². The number of carbonyl (C=O) groups excluding carboxylic acids is 1. The first-order chi connectivity index (χ1) is 11.2. The molecule has 0 radical (unpaired) electrons. The van der Waals surface area contributed by atoms with Crippen LogP contribution in [0, 0.1) is 0 Å². The highest BCUT2D eigenvalue weighted by atomic mass is 79.9. The third kappa shape index (κ3) is 3.42. The second kappa shape index (κ2) is 7.18. The standard InChI is InChI=1S/C15H18BrN5O2/c16-13-7-11(8-17-14(13)20-9-18-19-10-20)15(23)21-5-2-1-3-12(21)4-6-22/h7-10,12,22H,1-6H2. The number of carbonyl (C=O) groups is 1. The Hall–Kier alpha value is -1.80. The molecule has 1 unspecified atom stereocenters. The minimum atomic E-state index is -0.0355. The molecule has 1 aliphatic rings. The Morgan fingerprint density at radius 1 is 1.35 bits per heavy atom. The van der Waals surface area contributed by atoms with Gasteiger partial charge >= 0.3 is 0 Å². The minimum absolute atomic E-state index is 0.0355. The average molecular weight is 380 g/mol. The molecule has 3 rings (SSSR count). The number of rotatable bonds is 4. The van der Waals surface area contributed by atoms with Crippen LogP contribution in [-0.2, 0) is 0 Å². The Kier molecular flexibility index (Phi) is 5.02. The molecular weight excluding hydrogens is 362 g/mol. The molecule has 8 heteroatoms.